The highest BCUT2D eigenvalue weighted by atomic mass is 32.3. The van der Waals surface area contributed by atoms with E-state index in [4.69, 9.17) is 5.14 Å². The Morgan fingerprint density at radius 2 is 2.15 bits per heavy atom. The van der Waals surface area contributed by atoms with E-state index in [2.05, 4.69) is 10.2 Å². The summed E-state index contributed by atoms with van der Waals surface area (Å²) in [5.41, 5.74) is 0.381. The van der Waals surface area contributed by atoms with Gasteiger partial charge in [0.1, 0.15) is 8.42 Å². The molecule has 0 aromatic carbocycles. The summed E-state index contributed by atoms with van der Waals surface area (Å²) in [5, 5.41) is 16.8. The van der Waals surface area contributed by atoms with Crippen LogP contribution in [0.1, 0.15) is 38.3 Å². The third-order valence-corrected chi connectivity index (χ3v) is 9.33. The summed E-state index contributed by atoms with van der Waals surface area (Å²) in [5.74, 6) is 0.296. The standard InChI is InChI=1S/C13H21N3O7S3/c1-8(2)7-15-11-5-9(3-4-23-16(17)18)25(19,20)13-10(11)6-12(24-13)26(14,21)22/h6,8-9,11,15H,3-5,7H2,1-2H3,(H2,14,21,22)/t9-,11-/m0/s1. The predicted molar refractivity (Wildman–Crippen MR) is 94.4 cm³/mol. The Morgan fingerprint density at radius 1 is 1.50 bits per heavy atom. The van der Waals surface area contributed by atoms with Gasteiger partial charge in [0.2, 0.25) is 10.0 Å². The minimum absolute atomic E-state index is 0.0554. The Labute approximate surface area is 155 Å². The molecule has 0 aliphatic carbocycles. The van der Waals surface area contributed by atoms with Crippen molar-refractivity contribution in [2.75, 3.05) is 13.2 Å². The van der Waals surface area contributed by atoms with Gasteiger partial charge in [0.05, 0.1) is 11.9 Å². The number of sulfonamides is 1. The maximum atomic E-state index is 12.8. The van der Waals surface area contributed by atoms with E-state index in [1.807, 2.05) is 13.8 Å². The van der Waals surface area contributed by atoms with Crippen molar-refractivity contribution in [3.05, 3.63) is 21.7 Å². The van der Waals surface area contributed by atoms with Crippen LogP contribution in [-0.2, 0) is 24.7 Å². The quantitative estimate of drug-likeness (QED) is 0.456. The van der Waals surface area contributed by atoms with E-state index in [-0.39, 0.29) is 33.9 Å². The van der Waals surface area contributed by atoms with Crippen LogP contribution in [-0.4, -0.2) is 40.3 Å². The first-order valence-electron chi connectivity index (χ1n) is 7.84. The molecule has 1 aliphatic heterocycles. The molecule has 1 aromatic rings. The fraction of sp³-hybridized carbons (Fsp3) is 0.692. The van der Waals surface area contributed by atoms with Gasteiger partial charge >= 0.3 is 0 Å². The van der Waals surface area contributed by atoms with E-state index in [0.29, 0.717) is 29.4 Å². The van der Waals surface area contributed by atoms with Gasteiger partial charge in [-0.25, -0.2) is 22.0 Å². The van der Waals surface area contributed by atoms with Gasteiger partial charge in [-0.1, -0.05) is 13.8 Å². The van der Waals surface area contributed by atoms with Crippen molar-refractivity contribution in [2.45, 2.75) is 46.4 Å². The predicted octanol–water partition coefficient (Wildman–Crippen LogP) is 0.827. The molecule has 0 spiro atoms. The van der Waals surface area contributed by atoms with E-state index in [9.17, 15) is 26.9 Å². The molecule has 2 atom stereocenters. The minimum Gasteiger partial charge on any atom is -0.314 e. The smallest absolute Gasteiger partial charge is 0.294 e. The zero-order chi connectivity index (χ0) is 19.7. The molecule has 0 radical (unpaired) electrons. The van der Waals surface area contributed by atoms with Crippen molar-refractivity contribution in [3.8, 4) is 0 Å². The Hall–Kier alpha value is -1.28. The molecule has 3 N–H and O–H groups in total. The highest BCUT2D eigenvalue weighted by molar-refractivity contribution is 7.95. The summed E-state index contributed by atoms with van der Waals surface area (Å²) in [6.45, 7) is 4.22. The first kappa shape index (κ1) is 21.0. The molecule has 26 heavy (non-hydrogen) atoms. The summed E-state index contributed by atoms with van der Waals surface area (Å²) in [6, 6.07) is 0.914. The first-order chi connectivity index (χ1) is 11.9. The second-order valence-corrected chi connectivity index (χ2v) is 11.7. The molecule has 1 aliphatic rings. The molecular formula is C13H21N3O7S3. The van der Waals surface area contributed by atoms with E-state index >= 15 is 0 Å². The number of nitrogens with zero attached hydrogens (tertiary/aromatic N) is 1. The zero-order valence-electron chi connectivity index (χ0n) is 14.2. The van der Waals surface area contributed by atoms with Gasteiger partial charge in [-0.3, -0.25) is 0 Å². The van der Waals surface area contributed by atoms with Gasteiger partial charge in [-0.05, 0) is 31.4 Å². The summed E-state index contributed by atoms with van der Waals surface area (Å²) in [4.78, 5) is 14.5. The zero-order valence-corrected chi connectivity index (χ0v) is 16.7. The van der Waals surface area contributed by atoms with Crippen LogP contribution in [0.25, 0.3) is 0 Å². The maximum absolute atomic E-state index is 12.8. The second-order valence-electron chi connectivity index (χ2n) is 6.46. The SMILES string of the molecule is CC(C)CN[C@H]1C[C@H](CCO[N+](=O)[O-])S(=O)(=O)c2sc(S(N)(=O)=O)cc21. The van der Waals surface area contributed by atoms with Crippen molar-refractivity contribution in [1.29, 1.82) is 0 Å². The molecule has 0 saturated carbocycles. The Balaban J connectivity index is 2.40. The molecule has 0 unspecified atom stereocenters. The second kappa shape index (κ2) is 7.76. The summed E-state index contributed by atoms with van der Waals surface area (Å²) < 4.78 is 48.7. The number of nitrogens with two attached hydrogens (primary N) is 1. The maximum Gasteiger partial charge on any atom is 0.294 e. The third kappa shape index (κ3) is 4.71. The van der Waals surface area contributed by atoms with Gasteiger partial charge in [0.25, 0.3) is 5.09 Å². The number of nitrogens with one attached hydrogen (secondary N) is 1. The van der Waals surface area contributed by atoms with Gasteiger partial charge in [-0.15, -0.1) is 21.5 Å². The lowest BCUT2D eigenvalue weighted by Gasteiger charge is -2.30. The van der Waals surface area contributed by atoms with Crippen LogP contribution in [0, 0.1) is 16.0 Å². The van der Waals surface area contributed by atoms with Gasteiger partial charge in [0, 0.05) is 11.6 Å². The Bertz CT molecular complexity index is 877. The van der Waals surface area contributed by atoms with Crippen LogP contribution in [0.15, 0.2) is 14.5 Å². The normalized spacial score (nSPS) is 22.2. The third-order valence-electron chi connectivity index (χ3n) is 3.96. The molecule has 0 fully saturated rings. The van der Waals surface area contributed by atoms with Crippen LogP contribution in [0.4, 0.5) is 0 Å². The average molecular weight is 428 g/mol. The highest BCUT2D eigenvalue weighted by Crippen LogP contribution is 2.43. The van der Waals surface area contributed by atoms with E-state index in [1.165, 1.54) is 6.07 Å². The number of fused-ring (bicyclic) bond motifs is 1. The first-order valence-corrected chi connectivity index (χ1v) is 11.7. The van der Waals surface area contributed by atoms with Crippen LogP contribution in [0.5, 0.6) is 0 Å². The fourth-order valence-electron chi connectivity index (χ4n) is 2.74. The number of hydrogen-bond donors (Lipinski definition) is 2. The molecule has 0 saturated heterocycles. The summed E-state index contributed by atoms with van der Waals surface area (Å²) in [7, 11) is -7.87. The average Bonchev–Trinajstić information content (AvgIpc) is 2.94. The number of sulfone groups is 1. The number of primary sulfonamides is 1. The number of hydrogen-bond acceptors (Lipinski definition) is 9. The molecule has 0 bridgehead atoms. The van der Waals surface area contributed by atoms with Crippen LogP contribution in [0.2, 0.25) is 0 Å². The monoisotopic (exact) mass is 427 g/mol. The summed E-state index contributed by atoms with van der Waals surface area (Å²) >= 11 is 0.615. The number of thiophene rings is 1. The van der Waals surface area contributed by atoms with E-state index < -0.39 is 30.2 Å². The highest BCUT2D eigenvalue weighted by Gasteiger charge is 2.41. The molecule has 148 valence electrons. The van der Waals surface area contributed by atoms with Crippen molar-refractivity contribution >= 4 is 31.2 Å². The Morgan fingerprint density at radius 3 is 2.69 bits per heavy atom. The van der Waals surface area contributed by atoms with Gasteiger partial charge in [-0.2, -0.15) is 0 Å². The fourth-order valence-corrected chi connectivity index (χ4v) is 7.42. The van der Waals surface area contributed by atoms with Crippen molar-refractivity contribution in [3.63, 3.8) is 0 Å². The molecule has 2 rings (SSSR count). The molecular weight excluding hydrogens is 406 g/mol. The molecule has 13 heteroatoms. The van der Waals surface area contributed by atoms with Crippen LogP contribution < -0.4 is 10.5 Å². The van der Waals surface area contributed by atoms with Crippen LogP contribution >= 0.6 is 11.3 Å². The van der Waals surface area contributed by atoms with Crippen molar-refractivity contribution in [2.24, 2.45) is 11.1 Å². The van der Waals surface area contributed by atoms with E-state index in [1.54, 1.807) is 0 Å². The summed E-state index contributed by atoms with van der Waals surface area (Å²) in [6.07, 6.45) is 0.106. The Kier molecular flexibility index (Phi) is 6.28. The van der Waals surface area contributed by atoms with Crippen LogP contribution in [0.3, 0.4) is 0 Å². The molecule has 2 heterocycles. The lowest BCUT2D eigenvalue weighted by Crippen LogP contribution is -2.37. The topological polar surface area (TPSA) is 159 Å². The molecule has 0 amide bonds. The van der Waals surface area contributed by atoms with Crippen molar-refractivity contribution in [1.82, 2.24) is 5.32 Å². The lowest BCUT2D eigenvalue weighted by atomic mass is 10.0. The van der Waals surface area contributed by atoms with Crippen molar-refractivity contribution < 1.29 is 26.8 Å². The van der Waals surface area contributed by atoms with Gasteiger partial charge < -0.3 is 10.2 Å². The van der Waals surface area contributed by atoms with E-state index in [0.717, 1.165) is 0 Å². The molecule has 1 aromatic heterocycles. The number of rotatable bonds is 8. The molecule has 10 nitrogen and oxygen atoms in total. The largest absolute Gasteiger partial charge is 0.314 e. The van der Waals surface area contributed by atoms with Gasteiger partial charge in [0.15, 0.2) is 9.84 Å². The minimum atomic E-state index is -4.04. The lowest BCUT2D eigenvalue weighted by molar-refractivity contribution is -0.757.